The summed E-state index contributed by atoms with van der Waals surface area (Å²) < 4.78 is 7.02. The molecular formula is C25H29N5O5. The number of phenolic OH excluding ortho intramolecular Hbond substituents is 1. The molecule has 10 nitrogen and oxygen atoms in total. The maximum absolute atomic E-state index is 12.8. The van der Waals surface area contributed by atoms with Gasteiger partial charge in [0.2, 0.25) is 11.7 Å². The first-order chi connectivity index (χ1) is 16.8. The Hall–Kier alpha value is -3.92. The van der Waals surface area contributed by atoms with Crippen LogP contribution in [0.25, 0.3) is 17.1 Å². The van der Waals surface area contributed by atoms with Crippen molar-refractivity contribution in [2.24, 2.45) is 0 Å². The lowest BCUT2D eigenvalue weighted by Crippen LogP contribution is -2.26. The fraction of sp³-hybridized carbons (Fsp3) is 0.360. The molecule has 0 saturated carbocycles. The number of nitrogens with zero attached hydrogens (tertiary/aromatic N) is 4. The fourth-order valence-corrected chi connectivity index (χ4v) is 4.35. The average molecular weight is 480 g/mol. The number of benzene rings is 2. The number of aromatic nitrogens is 3. The minimum atomic E-state index is -0.592. The summed E-state index contributed by atoms with van der Waals surface area (Å²) in [4.78, 5) is 31.6. The summed E-state index contributed by atoms with van der Waals surface area (Å²) in [6.07, 6.45) is 1.90. The van der Waals surface area contributed by atoms with E-state index in [1.807, 2.05) is 26.0 Å². The minimum Gasteiger partial charge on any atom is -0.507 e. The van der Waals surface area contributed by atoms with Crippen LogP contribution in [-0.2, 0) is 16.1 Å². The van der Waals surface area contributed by atoms with E-state index in [9.17, 15) is 14.7 Å². The van der Waals surface area contributed by atoms with E-state index in [2.05, 4.69) is 15.7 Å². The first-order valence-electron chi connectivity index (χ1n) is 11.4. The summed E-state index contributed by atoms with van der Waals surface area (Å²) in [7, 11) is 4.64. The van der Waals surface area contributed by atoms with Crippen molar-refractivity contribution in [3.05, 3.63) is 47.3 Å². The van der Waals surface area contributed by atoms with Crippen LogP contribution in [0.5, 0.6) is 11.5 Å². The zero-order valence-corrected chi connectivity index (χ0v) is 20.5. The van der Waals surface area contributed by atoms with Gasteiger partial charge in [0.25, 0.3) is 0 Å². The Morgan fingerprint density at radius 2 is 1.91 bits per heavy atom. The van der Waals surface area contributed by atoms with Crippen molar-refractivity contribution in [1.82, 2.24) is 20.2 Å². The molecule has 0 unspecified atom stereocenters. The van der Waals surface area contributed by atoms with Crippen molar-refractivity contribution in [1.29, 1.82) is 0 Å². The van der Waals surface area contributed by atoms with Crippen LogP contribution in [-0.4, -0.2) is 53.0 Å². The van der Waals surface area contributed by atoms with Crippen LogP contribution in [0.15, 0.2) is 30.3 Å². The minimum absolute atomic E-state index is 0.0128. The predicted octanol–water partition coefficient (Wildman–Crippen LogP) is 3.36. The molecule has 0 atom stereocenters. The third kappa shape index (κ3) is 4.44. The summed E-state index contributed by atoms with van der Waals surface area (Å²) >= 11 is 0. The van der Waals surface area contributed by atoms with Crippen LogP contribution < -0.4 is 15.1 Å². The molecule has 4 rings (SSSR count). The summed E-state index contributed by atoms with van der Waals surface area (Å²) in [6.45, 7) is 4.04. The Labute approximate surface area is 203 Å². The number of carbonyl (C=O) groups excluding carboxylic acids is 2. The number of hydrogen-bond donors (Lipinski definition) is 2. The van der Waals surface area contributed by atoms with E-state index < -0.39 is 5.91 Å². The molecule has 0 aliphatic carbocycles. The molecule has 0 saturated heterocycles. The van der Waals surface area contributed by atoms with Crippen molar-refractivity contribution in [2.75, 3.05) is 26.2 Å². The molecule has 2 amide bonds. The van der Waals surface area contributed by atoms with Crippen LogP contribution in [0.4, 0.5) is 5.69 Å². The Kier molecular flexibility index (Phi) is 6.74. The third-order valence-corrected chi connectivity index (χ3v) is 6.17. The van der Waals surface area contributed by atoms with E-state index in [0.29, 0.717) is 29.8 Å². The standard InChI is InChI=1S/C25H29N5O5/c1-14(2)17-12-18(20(31)13-21(17)34-4)23-26-27-24(25(33)28-35-5)30(23)16-9-10-19-15(11-16)7-6-8-22(32)29(19)3/h9-14,31H,6-8H2,1-5H3,(H,28,33). The monoisotopic (exact) mass is 479 g/mol. The van der Waals surface area contributed by atoms with Gasteiger partial charge in [-0.1, -0.05) is 13.8 Å². The lowest BCUT2D eigenvalue weighted by molar-refractivity contribution is -0.118. The lowest BCUT2D eigenvalue weighted by Gasteiger charge is -2.19. The van der Waals surface area contributed by atoms with Gasteiger partial charge in [-0.05, 0) is 54.2 Å². The molecule has 0 radical (unpaired) electrons. The van der Waals surface area contributed by atoms with Gasteiger partial charge < -0.3 is 14.7 Å². The van der Waals surface area contributed by atoms with Crippen LogP contribution in [0.1, 0.15) is 54.4 Å². The fourth-order valence-electron chi connectivity index (χ4n) is 4.35. The first kappa shape index (κ1) is 24.2. The number of amides is 2. The van der Waals surface area contributed by atoms with Gasteiger partial charge in [0.05, 0.1) is 19.8 Å². The molecule has 10 heteroatoms. The lowest BCUT2D eigenvalue weighted by atomic mass is 9.98. The number of ether oxygens (including phenoxy) is 1. The molecule has 35 heavy (non-hydrogen) atoms. The van der Waals surface area contributed by atoms with Gasteiger partial charge in [-0.3, -0.25) is 19.0 Å². The number of aromatic hydroxyl groups is 1. The summed E-state index contributed by atoms with van der Waals surface area (Å²) in [6, 6.07) is 8.91. The molecule has 184 valence electrons. The second-order valence-electron chi connectivity index (χ2n) is 8.70. The third-order valence-electron chi connectivity index (χ3n) is 6.17. The van der Waals surface area contributed by atoms with E-state index in [1.54, 1.807) is 35.8 Å². The smallest absolute Gasteiger partial charge is 0.313 e. The molecule has 2 N–H and O–H groups in total. The Bertz CT molecular complexity index is 1280. The van der Waals surface area contributed by atoms with E-state index in [1.165, 1.54) is 13.2 Å². The molecule has 3 aromatic rings. The number of hydrogen-bond acceptors (Lipinski definition) is 7. The van der Waals surface area contributed by atoms with Gasteiger partial charge in [-0.2, -0.15) is 0 Å². The highest BCUT2D eigenvalue weighted by Gasteiger charge is 2.26. The molecule has 2 heterocycles. The molecule has 0 spiro atoms. The van der Waals surface area contributed by atoms with Crippen molar-refractivity contribution in [3.8, 4) is 28.6 Å². The summed E-state index contributed by atoms with van der Waals surface area (Å²) in [5.41, 5.74) is 5.97. The number of nitrogens with one attached hydrogen (secondary N) is 1. The van der Waals surface area contributed by atoms with Crippen LogP contribution in [0, 0.1) is 0 Å². The molecular weight excluding hydrogens is 450 g/mol. The number of hydroxylamine groups is 1. The SMILES string of the molecule is CONC(=O)c1nnc(-c2cc(C(C)C)c(OC)cc2O)n1-c1ccc2c(c1)CCCC(=O)N2C. The molecule has 1 aliphatic heterocycles. The Morgan fingerprint density at radius 1 is 1.14 bits per heavy atom. The van der Waals surface area contributed by atoms with Crippen molar-refractivity contribution in [3.63, 3.8) is 0 Å². The molecule has 2 aromatic carbocycles. The Balaban J connectivity index is 1.94. The van der Waals surface area contributed by atoms with E-state index in [4.69, 9.17) is 9.57 Å². The zero-order valence-electron chi connectivity index (χ0n) is 20.5. The van der Waals surface area contributed by atoms with Crippen LogP contribution >= 0.6 is 0 Å². The number of rotatable bonds is 6. The number of phenols is 1. The molecule has 1 aromatic heterocycles. The van der Waals surface area contributed by atoms with Crippen molar-refractivity contribution < 1.29 is 24.3 Å². The quantitative estimate of drug-likeness (QED) is 0.520. The Morgan fingerprint density at radius 3 is 2.60 bits per heavy atom. The second-order valence-corrected chi connectivity index (χ2v) is 8.70. The number of methoxy groups -OCH3 is 1. The second kappa shape index (κ2) is 9.75. The predicted molar refractivity (Wildman–Crippen MR) is 130 cm³/mol. The van der Waals surface area contributed by atoms with Crippen molar-refractivity contribution >= 4 is 17.5 Å². The first-order valence-corrected chi connectivity index (χ1v) is 11.4. The van der Waals surface area contributed by atoms with Gasteiger partial charge in [0.1, 0.15) is 11.5 Å². The van der Waals surface area contributed by atoms with E-state index in [0.717, 1.165) is 23.2 Å². The van der Waals surface area contributed by atoms with Crippen LogP contribution in [0.3, 0.4) is 0 Å². The summed E-state index contributed by atoms with van der Waals surface area (Å²) in [5, 5.41) is 19.3. The molecule has 0 bridgehead atoms. The van der Waals surface area contributed by atoms with Crippen molar-refractivity contribution in [2.45, 2.75) is 39.0 Å². The molecule has 0 fully saturated rings. The molecule has 1 aliphatic rings. The van der Waals surface area contributed by atoms with Gasteiger partial charge in [0, 0.05) is 30.9 Å². The zero-order chi connectivity index (χ0) is 25.3. The van der Waals surface area contributed by atoms with Gasteiger partial charge >= 0.3 is 5.91 Å². The summed E-state index contributed by atoms with van der Waals surface area (Å²) in [5.74, 6) is 0.350. The number of aryl methyl sites for hydroxylation is 1. The highest BCUT2D eigenvalue weighted by atomic mass is 16.6. The largest absolute Gasteiger partial charge is 0.507 e. The number of fused-ring (bicyclic) bond motifs is 1. The normalized spacial score (nSPS) is 13.5. The topological polar surface area (TPSA) is 119 Å². The maximum Gasteiger partial charge on any atom is 0.313 e. The van der Waals surface area contributed by atoms with Gasteiger partial charge in [0.15, 0.2) is 5.82 Å². The number of anilines is 1. The van der Waals surface area contributed by atoms with Crippen LogP contribution in [0.2, 0.25) is 0 Å². The van der Waals surface area contributed by atoms with Gasteiger partial charge in [-0.15, -0.1) is 10.2 Å². The average Bonchev–Trinajstić information content (AvgIpc) is 3.22. The van der Waals surface area contributed by atoms with E-state index in [-0.39, 0.29) is 29.2 Å². The highest BCUT2D eigenvalue weighted by Crippen LogP contribution is 2.39. The van der Waals surface area contributed by atoms with E-state index >= 15 is 0 Å². The number of carbonyl (C=O) groups is 2. The maximum atomic E-state index is 12.8. The highest BCUT2D eigenvalue weighted by molar-refractivity contribution is 5.95. The van der Waals surface area contributed by atoms with Gasteiger partial charge in [-0.25, -0.2) is 5.48 Å².